The molecule has 2 fully saturated rings. The minimum Gasteiger partial charge on any atom is -0.356 e. The minimum atomic E-state index is -2.58. The number of hydrogen-bond acceptors (Lipinski definition) is 7. The molecule has 10 heteroatoms. The number of rotatable bonds is 4. The van der Waals surface area contributed by atoms with Gasteiger partial charge >= 0.3 is 0 Å². The van der Waals surface area contributed by atoms with E-state index in [0.717, 1.165) is 43.1 Å². The summed E-state index contributed by atoms with van der Waals surface area (Å²) >= 11 is 0. The monoisotopic (exact) mass is 432 g/mol. The fraction of sp³-hybridized carbons (Fsp3) is 0.476. The van der Waals surface area contributed by atoms with E-state index in [1.54, 1.807) is 6.07 Å². The number of piperidine rings is 1. The number of piperazine rings is 1. The largest absolute Gasteiger partial charge is 0.356 e. The summed E-state index contributed by atoms with van der Waals surface area (Å²) in [6.45, 7) is 4.40. The molecule has 164 valence electrons. The smallest absolute Gasteiger partial charge is 0.251 e. The van der Waals surface area contributed by atoms with Crippen LogP contribution in [-0.2, 0) is 6.54 Å². The molecule has 0 bridgehead atoms. The molecule has 2 saturated heterocycles. The van der Waals surface area contributed by atoms with Gasteiger partial charge in [-0.2, -0.15) is 0 Å². The van der Waals surface area contributed by atoms with E-state index < -0.39 is 5.92 Å². The summed E-state index contributed by atoms with van der Waals surface area (Å²) in [5, 5.41) is 4.93. The van der Waals surface area contributed by atoms with E-state index in [1.807, 2.05) is 11.0 Å². The normalized spacial score (nSPS) is 19.8. The van der Waals surface area contributed by atoms with E-state index in [2.05, 4.69) is 24.9 Å². The van der Waals surface area contributed by atoms with Crippen LogP contribution in [0.3, 0.4) is 0 Å². The van der Waals surface area contributed by atoms with Gasteiger partial charge in [0, 0.05) is 76.2 Å². The molecule has 2 aromatic heterocycles. The van der Waals surface area contributed by atoms with E-state index in [4.69, 9.17) is 4.52 Å². The van der Waals surface area contributed by atoms with Crippen molar-refractivity contribution in [2.75, 3.05) is 49.1 Å². The Morgan fingerprint density at radius 1 is 0.903 bits per heavy atom. The van der Waals surface area contributed by atoms with Crippen molar-refractivity contribution in [2.24, 2.45) is 0 Å². The highest BCUT2D eigenvalue weighted by Gasteiger charge is 2.34. The first-order chi connectivity index (χ1) is 15.0. The predicted molar refractivity (Wildman–Crippen MR) is 110 cm³/mol. The van der Waals surface area contributed by atoms with Crippen molar-refractivity contribution in [3.05, 3.63) is 42.1 Å². The van der Waals surface area contributed by atoms with Gasteiger partial charge < -0.3 is 14.3 Å². The van der Waals surface area contributed by atoms with E-state index in [0.29, 0.717) is 31.0 Å². The zero-order chi connectivity index (χ0) is 21.4. The third-order valence-electron chi connectivity index (χ3n) is 6.04. The summed E-state index contributed by atoms with van der Waals surface area (Å²) in [6.07, 6.45) is 1.22. The van der Waals surface area contributed by atoms with Gasteiger partial charge in [0.1, 0.15) is 29.5 Å². The number of benzene rings is 1. The molecule has 0 atom stereocenters. The fourth-order valence-corrected chi connectivity index (χ4v) is 4.17. The summed E-state index contributed by atoms with van der Waals surface area (Å²) < 4.78 is 45.5. The van der Waals surface area contributed by atoms with Gasteiger partial charge in [-0.25, -0.2) is 23.1 Å². The lowest BCUT2D eigenvalue weighted by Gasteiger charge is -2.36. The molecule has 0 radical (unpaired) electrons. The third kappa shape index (κ3) is 4.30. The van der Waals surface area contributed by atoms with Crippen molar-refractivity contribution in [3.63, 3.8) is 0 Å². The van der Waals surface area contributed by atoms with Crippen molar-refractivity contribution in [1.82, 2.24) is 20.0 Å². The summed E-state index contributed by atoms with van der Waals surface area (Å²) in [7, 11) is 0. The Labute approximate surface area is 177 Å². The zero-order valence-electron chi connectivity index (χ0n) is 17.0. The average Bonchev–Trinajstić information content (AvgIpc) is 3.16. The number of anilines is 2. The van der Waals surface area contributed by atoms with Crippen molar-refractivity contribution in [2.45, 2.75) is 25.3 Å². The maximum Gasteiger partial charge on any atom is 0.251 e. The van der Waals surface area contributed by atoms with Gasteiger partial charge in [0.15, 0.2) is 5.58 Å². The highest BCUT2D eigenvalue weighted by Crippen LogP contribution is 2.30. The molecule has 0 unspecified atom stereocenters. The average molecular weight is 432 g/mol. The second-order valence-electron chi connectivity index (χ2n) is 8.11. The number of hydrogen-bond donors (Lipinski definition) is 0. The lowest BCUT2D eigenvalue weighted by atomic mass is 10.1. The van der Waals surface area contributed by atoms with E-state index >= 15 is 0 Å². The SMILES string of the molecule is Fc1ccc2c(CN3CCN(c4cc(N5CCC(F)(F)CC5)ncn4)CC3)noc2c1. The summed E-state index contributed by atoms with van der Waals surface area (Å²) in [4.78, 5) is 15.0. The molecular weight excluding hydrogens is 409 g/mol. The Hall–Kier alpha value is -2.88. The maximum absolute atomic E-state index is 13.4. The molecule has 0 saturated carbocycles. The molecule has 0 aliphatic carbocycles. The molecule has 0 N–H and O–H groups in total. The molecule has 0 spiro atoms. The van der Waals surface area contributed by atoms with Gasteiger partial charge in [0.25, 0.3) is 5.92 Å². The van der Waals surface area contributed by atoms with Crippen molar-refractivity contribution in [1.29, 1.82) is 0 Å². The van der Waals surface area contributed by atoms with E-state index in [9.17, 15) is 13.2 Å². The first kappa shape index (κ1) is 20.0. The lowest BCUT2D eigenvalue weighted by molar-refractivity contribution is -0.0221. The van der Waals surface area contributed by atoms with Crippen LogP contribution in [0.5, 0.6) is 0 Å². The van der Waals surface area contributed by atoms with Crippen LogP contribution < -0.4 is 9.80 Å². The van der Waals surface area contributed by atoms with Gasteiger partial charge in [-0.1, -0.05) is 5.16 Å². The second-order valence-corrected chi connectivity index (χ2v) is 8.11. The molecule has 5 rings (SSSR count). The molecule has 2 aliphatic heterocycles. The zero-order valence-corrected chi connectivity index (χ0v) is 17.0. The Kier molecular flexibility index (Phi) is 5.17. The van der Waals surface area contributed by atoms with Gasteiger partial charge in [-0.15, -0.1) is 0 Å². The molecular formula is C21H23F3N6O. The van der Waals surface area contributed by atoms with Crippen LogP contribution in [0, 0.1) is 5.82 Å². The summed E-state index contributed by atoms with van der Waals surface area (Å²) in [6, 6.07) is 6.35. The fourth-order valence-electron chi connectivity index (χ4n) is 4.17. The van der Waals surface area contributed by atoms with Gasteiger partial charge in [0.2, 0.25) is 0 Å². The number of alkyl halides is 2. The van der Waals surface area contributed by atoms with E-state index in [-0.39, 0.29) is 18.7 Å². The van der Waals surface area contributed by atoms with Gasteiger partial charge in [-0.3, -0.25) is 4.90 Å². The van der Waals surface area contributed by atoms with Crippen molar-refractivity contribution in [3.8, 4) is 0 Å². The molecule has 2 aliphatic rings. The lowest BCUT2D eigenvalue weighted by Crippen LogP contribution is -2.46. The number of aromatic nitrogens is 3. The van der Waals surface area contributed by atoms with Gasteiger partial charge in [0.05, 0.1) is 0 Å². The Morgan fingerprint density at radius 2 is 1.58 bits per heavy atom. The Morgan fingerprint density at radius 3 is 2.29 bits per heavy atom. The summed E-state index contributed by atoms with van der Waals surface area (Å²) in [5.74, 6) is -1.41. The summed E-state index contributed by atoms with van der Waals surface area (Å²) in [5.41, 5.74) is 1.26. The molecule has 0 amide bonds. The first-order valence-electron chi connectivity index (χ1n) is 10.4. The number of nitrogens with zero attached hydrogens (tertiary/aromatic N) is 6. The second kappa shape index (κ2) is 7.99. The Bertz CT molecular complexity index is 1060. The standard InChI is InChI=1S/C21H23F3N6O/c22-15-1-2-16-17(27-31-18(16)11-15)13-28-7-9-30(10-8-28)20-12-19(25-14-26-20)29-5-3-21(23,24)4-6-29/h1-2,11-12,14H,3-10,13H2. The Balaban J connectivity index is 1.20. The maximum atomic E-state index is 13.4. The van der Waals surface area contributed by atoms with Crippen LogP contribution in [0.1, 0.15) is 18.5 Å². The van der Waals surface area contributed by atoms with Crippen LogP contribution >= 0.6 is 0 Å². The quantitative estimate of drug-likeness (QED) is 0.627. The molecule has 1 aromatic carbocycles. The molecule has 7 nitrogen and oxygen atoms in total. The van der Waals surface area contributed by atoms with Crippen LogP contribution in [0.4, 0.5) is 24.8 Å². The van der Waals surface area contributed by atoms with Gasteiger partial charge in [-0.05, 0) is 12.1 Å². The third-order valence-corrected chi connectivity index (χ3v) is 6.04. The first-order valence-corrected chi connectivity index (χ1v) is 10.4. The van der Waals surface area contributed by atoms with Crippen LogP contribution in [0.15, 0.2) is 35.1 Å². The predicted octanol–water partition coefficient (Wildman–Crippen LogP) is 3.31. The topological polar surface area (TPSA) is 61.5 Å². The molecule has 3 aromatic rings. The molecule has 4 heterocycles. The molecule has 31 heavy (non-hydrogen) atoms. The minimum absolute atomic E-state index is 0.144. The van der Waals surface area contributed by atoms with Crippen molar-refractivity contribution >= 4 is 22.6 Å². The highest BCUT2D eigenvalue weighted by atomic mass is 19.3. The number of fused-ring (bicyclic) bond motifs is 1. The van der Waals surface area contributed by atoms with Crippen LogP contribution in [-0.4, -0.2) is 65.2 Å². The van der Waals surface area contributed by atoms with Crippen LogP contribution in [0.2, 0.25) is 0 Å². The number of halogens is 3. The van der Waals surface area contributed by atoms with Crippen LogP contribution in [0.25, 0.3) is 11.0 Å². The highest BCUT2D eigenvalue weighted by molar-refractivity contribution is 5.79. The van der Waals surface area contributed by atoms with Crippen molar-refractivity contribution < 1.29 is 17.7 Å². The van der Waals surface area contributed by atoms with E-state index in [1.165, 1.54) is 18.5 Å².